The highest BCUT2D eigenvalue weighted by Gasteiger charge is 2.66. The van der Waals surface area contributed by atoms with Crippen molar-refractivity contribution in [3.63, 3.8) is 0 Å². The summed E-state index contributed by atoms with van der Waals surface area (Å²) in [5.41, 5.74) is 3.18. The molecule has 1 fully saturated rings. The number of amides is 3. The fourth-order valence-corrected chi connectivity index (χ4v) is 5.20. The van der Waals surface area contributed by atoms with E-state index in [1.165, 1.54) is 13.2 Å². The summed E-state index contributed by atoms with van der Waals surface area (Å²) < 4.78 is 20.2. The number of carbonyl (C=O) groups is 5. The van der Waals surface area contributed by atoms with Crippen LogP contribution in [0.5, 0.6) is 5.88 Å². The van der Waals surface area contributed by atoms with Crippen LogP contribution in [0.1, 0.15) is 16.1 Å². The van der Waals surface area contributed by atoms with E-state index in [0.717, 1.165) is 16.7 Å². The van der Waals surface area contributed by atoms with Gasteiger partial charge in [-0.25, -0.2) is 14.4 Å². The van der Waals surface area contributed by atoms with Gasteiger partial charge in [-0.1, -0.05) is 18.2 Å². The number of methoxy groups -OCH3 is 1. The molecular formula is C22H20N4O10S. The molecule has 0 unspecified atom stereocenters. The summed E-state index contributed by atoms with van der Waals surface area (Å²) >= 11 is 1.11. The summed E-state index contributed by atoms with van der Waals surface area (Å²) in [6.45, 7) is -0.407. The summed E-state index contributed by atoms with van der Waals surface area (Å²) in [7, 11) is 1.20. The Morgan fingerprint density at radius 2 is 2.03 bits per heavy atom. The molecular weight excluding hydrogens is 512 g/mol. The van der Waals surface area contributed by atoms with Crippen molar-refractivity contribution in [3.05, 3.63) is 59.0 Å². The number of ether oxygens (including phenoxy) is 3. The molecule has 0 aliphatic carbocycles. The fraction of sp³-hybridized carbons (Fsp3) is 0.273. The number of thioether (sulfide) groups is 1. The largest absolute Gasteiger partial charge is 0.477 e. The monoisotopic (exact) mass is 532 g/mol. The molecule has 14 nitrogen and oxygen atoms in total. The molecule has 4 rings (SSSR count). The van der Waals surface area contributed by atoms with Crippen molar-refractivity contribution in [1.29, 1.82) is 0 Å². The van der Waals surface area contributed by atoms with Gasteiger partial charge in [0.05, 0.1) is 12.0 Å². The third-order valence-corrected chi connectivity index (χ3v) is 6.80. The van der Waals surface area contributed by atoms with E-state index in [0.29, 0.717) is 5.56 Å². The SMILES string of the molecule is CO[C@@]1(NC(=O)Cc2cc(OC(=O)c3ccccc3)no2)C(=O)N2C(C(=O)O)=C(COC(N)=O)CS[C@H]21. The van der Waals surface area contributed by atoms with E-state index in [-0.39, 0.29) is 35.1 Å². The lowest BCUT2D eigenvalue weighted by Gasteiger charge is -2.55. The predicted molar refractivity (Wildman–Crippen MR) is 123 cm³/mol. The molecule has 0 saturated carbocycles. The third kappa shape index (κ3) is 4.99. The fourth-order valence-electron chi connectivity index (χ4n) is 3.78. The van der Waals surface area contributed by atoms with Gasteiger partial charge in [-0.2, -0.15) is 0 Å². The first-order valence-electron chi connectivity index (χ1n) is 10.6. The average molecular weight is 532 g/mol. The van der Waals surface area contributed by atoms with Crippen LogP contribution >= 0.6 is 11.8 Å². The Labute approximate surface area is 212 Å². The topological polar surface area (TPSA) is 201 Å². The number of benzene rings is 1. The second kappa shape index (κ2) is 10.3. The highest BCUT2D eigenvalue weighted by atomic mass is 32.2. The zero-order valence-electron chi connectivity index (χ0n) is 19.2. The molecule has 2 aromatic rings. The van der Waals surface area contributed by atoms with Gasteiger partial charge in [0.1, 0.15) is 23.4 Å². The molecule has 194 valence electrons. The van der Waals surface area contributed by atoms with E-state index in [9.17, 15) is 29.1 Å². The number of carboxylic acid groups (broad SMARTS) is 1. The van der Waals surface area contributed by atoms with Crippen LogP contribution in [0.4, 0.5) is 4.79 Å². The van der Waals surface area contributed by atoms with Crippen molar-refractivity contribution in [3.8, 4) is 5.88 Å². The average Bonchev–Trinajstić information content (AvgIpc) is 3.31. The number of aliphatic carboxylic acids is 1. The van der Waals surface area contributed by atoms with Crippen molar-refractivity contribution in [1.82, 2.24) is 15.4 Å². The number of aromatic nitrogens is 1. The molecule has 2 aliphatic rings. The number of hydrogen-bond acceptors (Lipinski definition) is 11. The number of primary amides is 1. The normalized spacial score (nSPS) is 20.5. The van der Waals surface area contributed by atoms with Gasteiger partial charge in [0.25, 0.3) is 17.5 Å². The number of esters is 1. The Morgan fingerprint density at radius 3 is 2.68 bits per heavy atom. The molecule has 1 aromatic carbocycles. The molecule has 2 aliphatic heterocycles. The van der Waals surface area contributed by atoms with E-state index >= 15 is 0 Å². The van der Waals surface area contributed by atoms with E-state index < -0.39 is 47.6 Å². The Kier molecular flexibility index (Phi) is 7.17. The molecule has 0 radical (unpaired) electrons. The van der Waals surface area contributed by atoms with Crippen LogP contribution in [0, 0.1) is 0 Å². The molecule has 3 amide bonds. The Bertz CT molecular complexity index is 1290. The Morgan fingerprint density at radius 1 is 1.30 bits per heavy atom. The second-order valence-corrected chi connectivity index (χ2v) is 8.82. The van der Waals surface area contributed by atoms with Crippen LogP contribution in [-0.4, -0.2) is 75.6 Å². The highest BCUT2D eigenvalue weighted by molar-refractivity contribution is 8.00. The predicted octanol–water partition coefficient (Wildman–Crippen LogP) is 0.244. The lowest BCUT2D eigenvalue weighted by Crippen LogP contribution is -2.80. The number of β-lactam (4-membered cyclic amide) rings is 1. The van der Waals surface area contributed by atoms with E-state index in [4.69, 9.17) is 19.7 Å². The van der Waals surface area contributed by atoms with Gasteiger partial charge < -0.3 is 34.9 Å². The van der Waals surface area contributed by atoms with Crippen LogP contribution in [0.2, 0.25) is 0 Å². The summed E-state index contributed by atoms with van der Waals surface area (Å²) in [5, 5.41) is 14.8. The minimum absolute atomic E-state index is 0.0385. The zero-order chi connectivity index (χ0) is 26.7. The molecule has 1 aromatic heterocycles. The molecule has 3 heterocycles. The molecule has 1 saturated heterocycles. The molecule has 15 heteroatoms. The lowest BCUT2D eigenvalue weighted by molar-refractivity contribution is -0.192. The van der Waals surface area contributed by atoms with Crippen molar-refractivity contribution in [2.24, 2.45) is 5.73 Å². The molecule has 37 heavy (non-hydrogen) atoms. The van der Waals surface area contributed by atoms with Crippen LogP contribution < -0.4 is 15.8 Å². The first-order valence-corrected chi connectivity index (χ1v) is 11.6. The quantitative estimate of drug-likeness (QED) is 0.226. The molecule has 4 N–H and O–H groups in total. The molecule has 0 bridgehead atoms. The number of hydrogen-bond donors (Lipinski definition) is 3. The van der Waals surface area contributed by atoms with Gasteiger partial charge in [-0.05, 0) is 17.3 Å². The number of carbonyl (C=O) groups excluding carboxylic acids is 4. The van der Waals surface area contributed by atoms with Crippen molar-refractivity contribution in [2.45, 2.75) is 17.5 Å². The van der Waals surface area contributed by atoms with Gasteiger partial charge >= 0.3 is 18.0 Å². The molecule has 0 spiro atoms. The van der Waals surface area contributed by atoms with Crippen LogP contribution in [0.3, 0.4) is 0 Å². The minimum Gasteiger partial charge on any atom is -0.477 e. The van der Waals surface area contributed by atoms with E-state index in [1.54, 1.807) is 30.3 Å². The van der Waals surface area contributed by atoms with Gasteiger partial charge in [0.15, 0.2) is 0 Å². The number of rotatable bonds is 9. The Balaban J connectivity index is 1.43. The highest BCUT2D eigenvalue weighted by Crippen LogP contribution is 2.46. The second-order valence-electron chi connectivity index (χ2n) is 7.76. The van der Waals surface area contributed by atoms with Gasteiger partial charge in [-0.15, -0.1) is 11.8 Å². The van der Waals surface area contributed by atoms with Crippen LogP contribution in [0.25, 0.3) is 0 Å². The maximum absolute atomic E-state index is 13.0. The number of nitrogens with zero attached hydrogens (tertiary/aromatic N) is 2. The third-order valence-electron chi connectivity index (χ3n) is 5.43. The maximum atomic E-state index is 13.0. The Hall–Kier alpha value is -4.37. The van der Waals surface area contributed by atoms with Gasteiger partial charge in [0.2, 0.25) is 5.91 Å². The zero-order valence-corrected chi connectivity index (χ0v) is 20.0. The summed E-state index contributed by atoms with van der Waals surface area (Å²) in [6.07, 6.45) is -1.48. The maximum Gasteiger partial charge on any atom is 0.404 e. The van der Waals surface area contributed by atoms with Crippen LogP contribution in [-0.2, 0) is 30.3 Å². The first kappa shape index (κ1) is 25.7. The smallest absolute Gasteiger partial charge is 0.404 e. The number of nitrogens with two attached hydrogens (primary N) is 1. The van der Waals surface area contributed by atoms with Gasteiger partial charge in [0, 0.05) is 24.5 Å². The number of carboxylic acids is 1. The van der Waals surface area contributed by atoms with Gasteiger partial charge in [-0.3, -0.25) is 14.5 Å². The minimum atomic E-state index is -1.85. The number of fused-ring (bicyclic) bond motifs is 1. The summed E-state index contributed by atoms with van der Waals surface area (Å²) in [5.74, 6) is -3.66. The summed E-state index contributed by atoms with van der Waals surface area (Å²) in [4.78, 5) is 61.7. The van der Waals surface area contributed by atoms with E-state index in [1.807, 2.05) is 0 Å². The standard InChI is InChI=1S/C22H20N4O10S/c1-33-22(19(31)26-16(17(28)29)12(9-34-21(23)32)10-37-20(22)26)24-14(27)7-13-8-15(25-36-13)35-18(30)11-5-3-2-4-6-11/h2-6,8,20H,7,9-10H2,1H3,(H2,23,32)(H,24,27)(H,28,29)/t20-,22-/m0/s1. The summed E-state index contributed by atoms with van der Waals surface area (Å²) in [6, 6.07) is 9.44. The van der Waals surface area contributed by atoms with E-state index in [2.05, 4.69) is 15.2 Å². The van der Waals surface area contributed by atoms with Crippen molar-refractivity contribution >= 4 is 41.6 Å². The first-order chi connectivity index (χ1) is 17.7. The molecule has 2 atom stereocenters. The van der Waals surface area contributed by atoms with Crippen LogP contribution in [0.15, 0.2) is 52.2 Å². The lowest BCUT2D eigenvalue weighted by atomic mass is 9.98. The van der Waals surface area contributed by atoms with Crippen molar-refractivity contribution in [2.75, 3.05) is 19.5 Å². The van der Waals surface area contributed by atoms with Crippen molar-refractivity contribution < 1.29 is 47.8 Å². The number of nitrogens with one attached hydrogen (secondary N) is 1.